The van der Waals surface area contributed by atoms with Crippen LogP contribution in [0.2, 0.25) is 0 Å². The molecular formula is C23H41N5O2. The first-order chi connectivity index (χ1) is 14.5. The second kappa shape index (κ2) is 13.5. The molecule has 1 aliphatic heterocycles. The highest BCUT2D eigenvalue weighted by Gasteiger charge is 2.22. The molecule has 0 saturated carbocycles. The van der Waals surface area contributed by atoms with Crippen molar-refractivity contribution in [2.45, 2.75) is 32.9 Å². The molecule has 1 unspecified atom stereocenters. The monoisotopic (exact) mass is 419 g/mol. The number of nitrogens with one attached hydrogen (secondary N) is 2. The predicted octanol–water partition coefficient (Wildman–Crippen LogP) is 2.04. The first kappa shape index (κ1) is 24.4. The molecule has 2 rings (SSSR count). The van der Waals surface area contributed by atoms with E-state index < -0.39 is 0 Å². The Balaban J connectivity index is 1.83. The van der Waals surface area contributed by atoms with Crippen molar-refractivity contribution in [3.63, 3.8) is 0 Å². The minimum atomic E-state index is 0.487. The summed E-state index contributed by atoms with van der Waals surface area (Å²) < 4.78 is 11.4. The third-order valence-corrected chi connectivity index (χ3v) is 5.20. The van der Waals surface area contributed by atoms with Gasteiger partial charge in [0.2, 0.25) is 0 Å². The molecule has 0 spiro atoms. The van der Waals surface area contributed by atoms with E-state index in [2.05, 4.69) is 51.4 Å². The van der Waals surface area contributed by atoms with Crippen LogP contribution in [0.1, 0.15) is 25.8 Å². The van der Waals surface area contributed by atoms with Crippen LogP contribution >= 0.6 is 0 Å². The summed E-state index contributed by atoms with van der Waals surface area (Å²) in [5.41, 5.74) is 1.17. The highest BCUT2D eigenvalue weighted by molar-refractivity contribution is 5.79. The fourth-order valence-electron chi connectivity index (χ4n) is 3.56. The summed E-state index contributed by atoms with van der Waals surface area (Å²) in [5.74, 6) is 2.39. The molecular weight excluding hydrogens is 378 g/mol. The molecule has 7 nitrogen and oxygen atoms in total. The van der Waals surface area contributed by atoms with E-state index in [1.54, 1.807) is 0 Å². The van der Waals surface area contributed by atoms with Gasteiger partial charge < -0.3 is 25.0 Å². The molecule has 0 aliphatic carbocycles. The summed E-state index contributed by atoms with van der Waals surface area (Å²) in [4.78, 5) is 9.06. The van der Waals surface area contributed by atoms with Crippen LogP contribution in [0.3, 0.4) is 0 Å². The summed E-state index contributed by atoms with van der Waals surface area (Å²) in [6, 6.07) is 8.72. The fraction of sp³-hybridized carbons (Fsp3) is 0.696. The lowest BCUT2D eigenvalue weighted by molar-refractivity contribution is 0.0132. The van der Waals surface area contributed by atoms with E-state index in [-0.39, 0.29) is 0 Å². The Morgan fingerprint density at radius 1 is 1.23 bits per heavy atom. The number of aliphatic imine (C=N–C) groups is 1. The van der Waals surface area contributed by atoms with Crippen LogP contribution in [0.25, 0.3) is 0 Å². The number of hydrogen-bond acceptors (Lipinski definition) is 5. The fourth-order valence-corrected chi connectivity index (χ4v) is 3.56. The van der Waals surface area contributed by atoms with Gasteiger partial charge in [-0.25, -0.2) is 0 Å². The Morgan fingerprint density at radius 2 is 2.00 bits per heavy atom. The first-order valence-electron chi connectivity index (χ1n) is 11.1. The zero-order valence-corrected chi connectivity index (χ0v) is 19.5. The number of benzene rings is 1. The van der Waals surface area contributed by atoms with Gasteiger partial charge in [-0.15, -0.1) is 0 Å². The van der Waals surface area contributed by atoms with Crippen molar-refractivity contribution in [3.05, 3.63) is 29.8 Å². The molecule has 1 aliphatic rings. The van der Waals surface area contributed by atoms with Gasteiger partial charge in [0.15, 0.2) is 5.96 Å². The Bertz CT molecular complexity index is 630. The molecule has 0 bridgehead atoms. The summed E-state index contributed by atoms with van der Waals surface area (Å²) in [7, 11) is 5.92. The maximum Gasteiger partial charge on any atom is 0.191 e. The maximum atomic E-state index is 5.84. The second-order valence-electron chi connectivity index (χ2n) is 8.54. The molecule has 1 heterocycles. The van der Waals surface area contributed by atoms with Crippen LogP contribution < -0.4 is 15.4 Å². The lowest BCUT2D eigenvalue weighted by Crippen LogP contribution is -2.50. The number of likely N-dealkylation sites (N-methyl/N-ethyl adjacent to an activating group) is 1. The lowest BCUT2D eigenvalue weighted by Gasteiger charge is -2.35. The van der Waals surface area contributed by atoms with Crippen molar-refractivity contribution in [3.8, 4) is 5.75 Å². The highest BCUT2D eigenvalue weighted by atomic mass is 16.5. The average Bonchev–Trinajstić information content (AvgIpc) is 2.73. The molecule has 0 amide bonds. The largest absolute Gasteiger partial charge is 0.492 e. The van der Waals surface area contributed by atoms with Crippen LogP contribution in [-0.2, 0) is 11.3 Å². The maximum absolute atomic E-state index is 5.84. The van der Waals surface area contributed by atoms with Crippen molar-refractivity contribution >= 4 is 5.96 Å². The number of hydrogen-bond donors (Lipinski definition) is 2. The van der Waals surface area contributed by atoms with E-state index in [0.29, 0.717) is 25.1 Å². The van der Waals surface area contributed by atoms with Gasteiger partial charge in [-0.05, 0) is 44.1 Å². The topological polar surface area (TPSA) is 61.4 Å². The minimum absolute atomic E-state index is 0.487. The Hall–Kier alpha value is -1.83. The molecule has 7 heteroatoms. The van der Waals surface area contributed by atoms with E-state index >= 15 is 0 Å². The predicted molar refractivity (Wildman–Crippen MR) is 124 cm³/mol. The Morgan fingerprint density at radius 3 is 2.67 bits per heavy atom. The number of guanidine groups is 1. The lowest BCUT2D eigenvalue weighted by atomic mass is 10.0. The third-order valence-electron chi connectivity index (χ3n) is 5.20. The van der Waals surface area contributed by atoms with Crippen LogP contribution in [0.5, 0.6) is 5.75 Å². The van der Waals surface area contributed by atoms with Gasteiger partial charge >= 0.3 is 0 Å². The van der Waals surface area contributed by atoms with E-state index in [9.17, 15) is 0 Å². The standard InChI is InChI=1S/C23H41N5O2/c1-19(2)15-21(28-10-12-29-13-11-28)18-26-23(24-3)25-17-20-7-6-8-22(16-20)30-14-9-27(4)5/h6-8,16,19,21H,9-15,17-18H2,1-5H3,(H2,24,25,26). The summed E-state index contributed by atoms with van der Waals surface area (Å²) >= 11 is 0. The van der Waals surface area contributed by atoms with Crippen LogP contribution in [0.15, 0.2) is 29.3 Å². The molecule has 1 aromatic carbocycles. The molecule has 1 aromatic rings. The van der Waals surface area contributed by atoms with Gasteiger partial charge in [-0.2, -0.15) is 0 Å². The number of nitrogens with zero attached hydrogens (tertiary/aromatic N) is 3. The van der Waals surface area contributed by atoms with E-state index in [1.165, 1.54) is 5.56 Å². The van der Waals surface area contributed by atoms with E-state index in [0.717, 1.165) is 57.5 Å². The van der Waals surface area contributed by atoms with E-state index in [4.69, 9.17) is 9.47 Å². The van der Waals surface area contributed by atoms with Crippen LogP contribution in [0.4, 0.5) is 0 Å². The normalized spacial score (nSPS) is 16.7. The molecule has 30 heavy (non-hydrogen) atoms. The van der Waals surface area contributed by atoms with Gasteiger partial charge in [0.05, 0.1) is 13.2 Å². The van der Waals surface area contributed by atoms with Gasteiger partial charge in [-0.3, -0.25) is 9.89 Å². The van der Waals surface area contributed by atoms with Gasteiger partial charge in [0.25, 0.3) is 0 Å². The third kappa shape index (κ3) is 9.32. The van der Waals surface area contributed by atoms with Crippen LogP contribution in [0, 0.1) is 5.92 Å². The molecule has 1 saturated heterocycles. The average molecular weight is 420 g/mol. The zero-order chi connectivity index (χ0) is 21.8. The van der Waals surface area contributed by atoms with Crippen molar-refractivity contribution in [2.24, 2.45) is 10.9 Å². The highest BCUT2D eigenvalue weighted by Crippen LogP contribution is 2.14. The Kier molecular flexibility index (Phi) is 11.0. The summed E-state index contributed by atoms with van der Waals surface area (Å²) in [6.07, 6.45) is 1.16. The molecule has 0 aromatic heterocycles. The molecule has 1 atom stereocenters. The minimum Gasteiger partial charge on any atom is -0.492 e. The van der Waals surface area contributed by atoms with Crippen molar-refractivity contribution in [2.75, 3.05) is 67.1 Å². The number of morpholine rings is 1. The molecule has 170 valence electrons. The number of ether oxygens (including phenoxy) is 2. The molecule has 1 fully saturated rings. The first-order valence-corrected chi connectivity index (χ1v) is 11.1. The van der Waals surface area contributed by atoms with Crippen molar-refractivity contribution in [1.29, 1.82) is 0 Å². The van der Waals surface area contributed by atoms with Crippen LogP contribution in [-0.4, -0.2) is 88.9 Å². The number of rotatable bonds is 11. The smallest absolute Gasteiger partial charge is 0.191 e. The molecule has 2 N–H and O–H groups in total. The summed E-state index contributed by atoms with van der Waals surface area (Å²) in [5, 5.41) is 6.95. The van der Waals surface area contributed by atoms with Crippen molar-refractivity contribution < 1.29 is 9.47 Å². The second-order valence-corrected chi connectivity index (χ2v) is 8.54. The summed E-state index contributed by atoms with van der Waals surface area (Å²) in [6.45, 7) is 11.4. The van der Waals surface area contributed by atoms with Gasteiger partial charge in [-0.1, -0.05) is 26.0 Å². The quantitative estimate of drug-likeness (QED) is 0.423. The van der Waals surface area contributed by atoms with Gasteiger partial charge in [0.1, 0.15) is 12.4 Å². The van der Waals surface area contributed by atoms with Gasteiger partial charge in [0, 0.05) is 45.8 Å². The zero-order valence-electron chi connectivity index (χ0n) is 19.5. The Labute approximate surface area is 182 Å². The van der Waals surface area contributed by atoms with E-state index in [1.807, 2.05) is 33.3 Å². The SMILES string of the molecule is CN=C(NCc1cccc(OCCN(C)C)c1)NCC(CC(C)C)N1CCOCC1. The van der Waals surface area contributed by atoms with Crippen molar-refractivity contribution in [1.82, 2.24) is 20.4 Å². The molecule has 0 radical (unpaired) electrons.